The Labute approximate surface area is 101 Å². The van der Waals surface area contributed by atoms with Gasteiger partial charge in [0.2, 0.25) is 0 Å². The average Bonchev–Trinajstić information content (AvgIpc) is 2.66. The minimum absolute atomic E-state index is 0.277. The predicted molar refractivity (Wildman–Crippen MR) is 70.5 cm³/mol. The van der Waals surface area contributed by atoms with E-state index in [1.54, 1.807) is 0 Å². The minimum atomic E-state index is 0.277. The molecule has 1 spiro atoms. The van der Waals surface area contributed by atoms with E-state index in [0.29, 0.717) is 5.41 Å². The van der Waals surface area contributed by atoms with E-state index < -0.39 is 0 Å². The number of rotatable bonds is 4. The summed E-state index contributed by atoms with van der Waals surface area (Å²) in [4.78, 5) is 0. The second kappa shape index (κ2) is 5.09. The molecule has 1 aliphatic heterocycles. The first kappa shape index (κ1) is 12.4. The summed E-state index contributed by atoms with van der Waals surface area (Å²) in [5, 5.41) is 3.46. The summed E-state index contributed by atoms with van der Waals surface area (Å²) in [5.41, 5.74) is 0.796. The minimum Gasteiger partial charge on any atom is -0.375 e. The summed E-state index contributed by atoms with van der Waals surface area (Å²) in [5.74, 6) is 0. The maximum Gasteiger partial charge on any atom is 0.119 e. The molecule has 2 rings (SSSR count). The molecule has 1 heterocycles. The molecule has 0 aromatic rings. The molecule has 1 aliphatic carbocycles. The van der Waals surface area contributed by atoms with E-state index in [4.69, 9.17) is 4.74 Å². The second-order valence-corrected chi connectivity index (χ2v) is 6.08. The van der Waals surface area contributed by atoms with Crippen molar-refractivity contribution in [1.29, 1.82) is 0 Å². The van der Waals surface area contributed by atoms with Gasteiger partial charge in [-0.25, -0.2) is 0 Å². The standard InChI is InChI=1S/C13H26BNO/c1-12(6-8-15-11-14)7-9-16-13(10-12)4-2-3-5-13/h15H,2-11,14H2,1H3/t12-/m0/s1. The number of ether oxygens (including phenoxy) is 1. The largest absolute Gasteiger partial charge is 0.375 e. The van der Waals surface area contributed by atoms with Crippen LogP contribution in [0.3, 0.4) is 0 Å². The van der Waals surface area contributed by atoms with Gasteiger partial charge in [-0.3, -0.25) is 0 Å². The van der Waals surface area contributed by atoms with Crippen molar-refractivity contribution >= 4 is 7.85 Å². The first-order chi connectivity index (χ1) is 7.68. The van der Waals surface area contributed by atoms with Gasteiger partial charge in [0.05, 0.1) is 5.60 Å². The van der Waals surface area contributed by atoms with E-state index in [9.17, 15) is 0 Å². The van der Waals surface area contributed by atoms with Crippen molar-refractivity contribution < 1.29 is 4.74 Å². The molecule has 0 amide bonds. The third-order valence-corrected chi connectivity index (χ3v) is 4.53. The van der Waals surface area contributed by atoms with Gasteiger partial charge < -0.3 is 10.1 Å². The molecule has 0 aromatic carbocycles. The van der Waals surface area contributed by atoms with Crippen molar-refractivity contribution in [2.45, 2.75) is 57.5 Å². The van der Waals surface area contributed by atoms with E-state index in [0.717, 1.165) is 13.1 Å². The van der Waals surface area contributed by atoms with Gasteiger partial charge >= 0.3 is 0 Å². The second-order valence-electron chi connectivity index (χ2n) is 6.08. The van der Waals surface area contributed by atoms with Gasteiger partial charge in [0.25, 0.3) is 0 Å². The molecule has 2 nitrogen and oxygen atoms in total. The van der Waals surface area contributed by atoms with Crippen LogP contribution in [0.1, 0.15) is 51.9 Å². The molecular weight excluding hydrogens is 197 g/mol. The molecule has 92 valence electrons. The maximum absolute atomic E-state index is 6.11. The molecule has 2 fully saturated rings. The Morgan fingerprint density at radius 1 is 1.25 bits per heavy atom. The Balaban J connectivity index is 1.89. The van der Waals surface area contributed by atoms with Gasteiger partial charge in [-0.05, 0) is 50.5 Å². The predicted octanol–water partition coefficient (Wildman–Crippen LogP) is 1.69. The summed E-state index contributed by atoms with van der Waals surface area (Å²) < 4.78 is 6.11. The van der Waals surface area contributed by atoms with E-state index in [2.05, 4.69) is 20.1 Å². The summed E-state index contributed by atoms with van der Waals surface area (Å²) in [6.07, 6.45) is 10.3. The van der Waals surface area contributed by atoms with Crippen molar-refractivity contribution in [1.82, 2.24) is 5.32 Å². The lowest BCUT2D eigenvalue weighted by Crippen LogP contribution is -2.43. The van der Waals surface area contributed by atoms with Crippen LogP contribution in [-0.4, -0.2) is 33.0 Å². The van der Waals surface area contributed by atoms with E-state index in [-0.39, 0.29) is 5.60 Å². The molecule has 1 atom stereocenters. The summed E-state index contributed by atoms with van der Waals surface area (Å²) in [6, 6.07) is 0. The van der Waals surface area contributed by atoms with E-state index in [1.165, 1.54) is 51.5 Å². The van der Waals surface area contributed by atoms with Gasteiger partial charge in [-0.2, -0.15) is 0 Å². The molecule has 0 unspecified atom stereocenters. The van der Waals surface area contributed by atoms with Crippen LogP contribution in [0.2, 0.25) is 0 Å². The normalized spacial score (nSPS) is 33.3. The molecule has 0 radical (unpaired) electrons. The van der Waals surface area contributed by atoms with Crippen molar-refractivity contribution in [3.63, 3.8) is 0 Å². The fourth-order valence-electron chi connectivity index (χ4n) is 3.55. The van der Waals surface area contributed by atoms with Crippen LogP contribution in [0.25, 0.3) is 0 Å². The molecule has 1 N–H and O–H groups in total. The number of hydrogen-bond acceptors (Lipinski definition) is 2. The van der Waals surface area contributed by atoms with Crippen molar-refractivity contribution in [2.75, 3.05) is 19.6 Å². The Morgan fingerprint density at radius 3 is 2.69 bits per heavy atom. The lowest BCUT2D eigenvalue weighted by atomic mass is 9.71. The van der Waals surface area contributed by atoms with Gasteiger partial charge in [0.15, 0.2) is 0 Å². The Hall–Kier alpha value is -0.0151. The molecule has 1 saturated carbocycles. The van der Waals surface area contributed by atoms with E-state index >= 15 is 0 Å². The molecule has 0 bridgehead atoms. The Kier molecular flexibility index (Phi) is 3.96. The van der Waals surface area contributed by atoms with Crippen molar-refractivity contribution in [2.24, 2.45) is 5.41 Å². The zero-order valence-electron chi connectivity index (χ0n) is 11.0. The first-order valence-electron chi connectivity index (χ1n) is 7.03. The number of hydrogen-bond donors (Lipinski definition) is 1. The van der Waals surface area contributed by atoms with Gasteiger partial charge in [0.1, 0.15) is 7.85 Å². The summed E-state index contributed by atoms with van der Waals surface area (Å²) in [6.45, 7) is 4.62. The lowest BCUT2D eigenvalue weighted by Gasteiger charge is -2.45. The monoisotopic (exact) mass is 223 g/mol. The Bertz CT molecular complexity index is 228. The van der Waals surface area contributed by atoms with Crippen LogP contribution in [0, 0.1) is 5.41 Å². The van der Waals surface area contributed by atoms with Crippen LogP contribution in [0.15, 0.2) is 0 Å². The average molecular weight is 223 g/mol. The first-order valence-corrected chi connectivity index (χ1v) is 7.03. The number of nitrogens with one attached hydrogen (secondary N) is 1. The van der Waals surface area contributed by atoms with Crippen LogP contribution < -0.4 is 5.32 Å². The smallest absolute Gasteiger partial charge is 0.119 e. The zero-order valence-corrected chi connectivity index (χ0v) is 11.0. The summed E-state index contributed by atoms with van der Waals surface area (Å²) in [7, 11) is 2.19. The third-order valence-electron chi connectivity index (χ3n) is 4.53. The molecule has 16 heavy (non-hydrogen) atoms. The highest BCUT2D eigenvalue weighted by Gasteiger charge is 2.44. The lowest BCUT2D eigenvalue weighted by molar-refractivity contribution is -0.119. The van der Waals surface area contributed by atoms with E-state index in [1.807, 2.05) is 0 Å². The molecule has 3 heteroatoms. The maximum atomic E-state index is 6.11. The molecule has 1 saturated heterocycles. The van der Waals surface area contributed by atoms with Gasteiger partial charge in [0, 0.05) is 6.61 Å². The SMILES string of the molecule is BCNCC[C@@]1(C)CCOC2(CCCC2)C1. The zero-order chi connectivity index (χ0) is 11.5. The molecular formula is C13H26BNO. The Morgan fingerprint density at radius 2 is 2.00 bits per heavy atom. The van der Waals surface area contributed by atoms with Crippen LogP contribution in [-0.2, 0) is 4.74 Å². The highest BCUT2D eigenvalue weighted by Crippen LogP contribution is 2.48. The van der Waals surface area contributed by atoms with Gasteiger partial charge in [-0.15, -0.1) is 0 Å². The molecule has 0 aromatic heterocycles. The third kappa shape index (κ3) is 2.81. The summed E-state index contributed by atoms with van der Waals surface area (Å²) >= 11 is 0. The highest BCUT2D eigenvalue weighted by atomic mass is 16.5. The quantitative estimate of drug-likeness (QED) is 0.578. The van der Waals surface area contributed by atoms with Crippen LogP contribution in [0.4, 0.5) is 0 Å². The van der Waals surface area contributed by atoms with Crippen molar-refractivity contribution in [3.05, 3.63) is 0 Å². The topological polar surface area (TPSA) is 21.3 Å². The van der Waals surface area contributed by atoms with Crippen LogP contribution in [0.5, 0.6) is 0 Å². The fraction of sp³-hybridized carbons (Fsp3) is 1.00. The van der Waals surface area contributed by atoms with Gasteiger partial charge in [-0.1, -0.05) is 19.8 Å². The molecule has 2 aliphatic rings. The van der Waals surface area contributed by atoms with Crippen LogP contribution >= 0.6 is 0 Å². The highest BCUT2D eigenvalue weighted by molar-refractivity contribution is 6.08. The fourth-order valence-corrected chi connectivity index (χ4v) is 3.55. The van der Waals surface area contributed by atoms with Crippen molar-refractivity contribution in [3.8, 4) is 0 Å².